The van der Waals surface area contributed by atoms with E-state index in [1.807, 2.05) is 31.2 Å². The molecule has 1 saturated heterocycles. The number of rotatable bonds is 12. The summed E-state index contributed by atoms with van der Waals surface area (Å²) in [6.45, 7) is 6.40. The Balaban J connectivity index is 1.40. The lowest BCUT2D eigenvalue weighted by Gasteiger charge is -2.35. The van der Waals surface area contributed by atoms with Crippen molar-refractivity contribution in [3.05, 3.63) is 47.7 Å². The summed E-state index contributed by atoms with van der Waals surface area (Å²) in [5.41, 5.74) is 8.36. The number of hydroxylamine groups is 1. The van der Waals surface area contributed by atoms with E-state index in [0.29, 0.717) is 23.0 Å². The van der Waals surface area contributed by atoms with Crippen molar-refractivity contribution in [2.75, 3.05) is 42.9 Å². The Bertz CT molecular complexity index is 1230. The van der Waals surface area contributed by atoms with Crippen molar-refractivity contribution in [2.45, 2.75) is 42.7 Å². The normalized spacial score (nSPS) is 13.9. The Labute approximate surface area is 225 Å². The smallest absolute Gasteiger partial charge is 0.248 e. The molecule has 1 aliphatic heterocycles. The fourth-order valence-corrected chi connectivity index (χ4v) is 4.92. The maximum absolute atomic E-state index is 11.4. The first kappa shape index (κ1) is 27.4. The molecule has 1 fully saturated rings. The fourth-order valence-electron chi connectivity index (χ4n) is 4.16. The molecule has 13 heteroatoms. The van der Waals surface area contributed by atoms with Crippen molar-refractivity contribution in [1.82, 2.24) is 30.5 Å². The minimum absolute atomic E-state index is 0.333. The number of nitrogens with one attached hydrogen (secondary N) is 3. The summed E-state index contributed by atoms with van der Waals surface area (Å²) in [5, 5.41) is 19.6. The number of unbranched alkanes of at least 4 members (excludes halogenated alkanes) is 2. The second kappa shape index (κ2) is 13.2. The lowest BCUT2D eigenvalue weighted by atomic mass is 10.1. The zero-order valence-electron chi connectivity index (χ0n) is 21.3. The van der Waals surface area contributed by atoms with Crippen molar-refractivity contribution < 1.29 is 14.8 Å². The van der Waals surface area contributed by atoms with E-state index < -0.39 is 5.91 Å². The van der Waals surface area contributed by atoms with E-state index in [9.17, 15) is 9.59 Å². The summed E-state index contributed by atoms with van der Waals surface area (Å²) < 4.78 is 0. The molecule has 0 unspecified atom stereocenters. The van der Waals surface area contributed by atoms with Crippen LogP contribution in [0.3, 0.4) is 0 Å². The van der Waals surface area contributed by atoms with E-state index in [1.54, 1.807) is 17.6 Å². The standard InChI is InChI=1S/C25H33N9O3S/c1-17-15-21(31-30-17)27-20-16-22(29-25(28-20)38-19-8-6-18(7-9-19)24(26)36)34-13-11-33(12-14-34)10-4-2-3-5-23(35)32-37/h6-9,15-16,37H,2-5,10-14H2,1H3,(H2,26,36)(H,32,35)(H2,27,28,29,30,31). The predicted octanol–water partition coefficient (Wildman–Crippen LogP) is 2.69. The van der Waals surface area contributed by atoms with E-state index >= 15 is 0 Å². The number of H-pyrrole nitrogens is 1. The first-order valence-electron chi connectivity index (χ1n) is 12.6. The lowest BCUT2D eigenvalue weighted by Crippen LogP contribution is -2.47. The van der Waals surface area contributed by atoms with Crippen molar-refractivity contribution >= 4 is 41.0 Å². The molecule has 1 aliphatic rings. The number of carbonyl (C=O) groups is 2. The molecule has 6 N–H and O–H groups in total. The van der Waals surface area contributed by atoms with Crippen LogP contribution in [0.4, 0.5) is 17.5 Å². The van der Waals surface area contributed by atoms with Gasteiger partial charge < -0.3 is 16.0 Å². The number of nitrogens with zero attached hydrogens (tertiary/aromatic N) is 5. The van der Waals surface area contributed by atoms with Crippen LogP contribution >= 0.6 is 11.8 Å². The Hall–Kier alpha value is -3.68. The fraction of sp³-hybridized carbons (Fsp3) is 0.400. The monoisotopic (exact) mass is 539 g/mol. The van der Waals surface area contributed by atoms with Crippen LogP contribution in [0, 0.1) is 6.92 Å². The lowest BCUT2D eigenvalue weighted by molar-refractivity contribution is -0.129. The molecule has 3 heterocycles. The summed E-state index contributed by atoms with van der Waals surface area (Å²) in [6, 6.07) is 10.9. The number of aromatic nitrogens is 4. The molecule has 2 amide bonds. The van der Waals surface area contributed by atoms with Crippen LogP contribution in [0.1, 0.15) is 41.7 Å². The second-order valence-electron chi connectivity index (χ2n) is 9.11. The van der Waals surface area contributed by atoms with Gasteiger partial charge in [0.05, 0.1) is 5.69 Å². The Morgan fingerprint density at radius 2 is 1.84 bits per heavy atom. The number of aromatic amines is 1. The maximum atomic E-state index is 11.4. The van der Waals surface area contributed by atoms with Gasteiger partial charge in [0.15, 0.2) is 5.16 Å². The van der Waals surface area contributed by atoms with Gasteiger partial charge in [-0.1, -0.05) is 6.42 Å². The number of nitrogens with two attached hydrogens (primary N) is 1. The number of hydrogen-bond donors (Lipinski definition) is 5. The van der Waals surface area contributed by atoms with E-state index in [-0.39, 0.29) is 5.91 Å². The first-order chi connectivity index (χ1) is 18.4. The van der Waals surface area contributed by atoms with E-state index in [4.69, 9.17) is 20.9 Å². The average molecular weight is 540 g/mol. The molecular weight excluding hydrogens is 506 g/mol. The van der Waals surface area contributed by atoms with Crippen molar-refractivity contribution in [3.63, 3.8) is 0 Å². The zero-order chi connectivity index (χ0) is 26.9. The van der Waals surface area contributed by atoms with Crippen molar-refractivity contribution in [1.29, 1.82) is 0 Å². The van der Waals surface area contributed by atoms with Crippen LogP contribution in [-0.4, -0.2) is 74.8 Å². The molecule has 202 valence electrons. The molecule has 0 spiro atoms. The highest BCUT2D eigenvalue weighted by Crippen LogP contribution is 2.29. The number of hydrogen-bond acceptors (Lipinski definition) is 10. The van der Waals surface area contributed by atoms with Crippen LogP contribution in [0.5, 0.6) is 0 Å². The van der Waals surface area contributed by atoms with Crippen LogP contribution in [0.2, 0.25) is 0 Å². The largest absolute Gasteiger partial charge is 0.366 e. The third-order valence-corrected chi connectivity index (χ3v) is 7.08. The number of benzene rings is 1. The Morgan fingerprint density at radius 3 is 2.50 bits per heavy atom. The van der Waals surface area contributed by atoms with Gasteiger partial charge in [-0.25, -0.2) is 15.4 Å². The van der Waals surface area contributed by atoms with Gasteiger partial charge in [-0.2, -0.15) is 5.10 Å². The molecule has 0 aliphatic carbocycles. The molecular formula is C25H33N9O3S. The van der Waals surface area contributed by atoms with Gasteiger partial charge in [0.2, 0.25) is 11.8 Å². The van der Waals surface area contributed by atoms with Crippen LogP contribution in [-0.2, 0) is 4.79 Å². The molecule has 2 aromatic heterocycles. The second-order valence-corrected chi connectivity index (χ2v) is 10.1. The molecule has 3 aromatic rings. The SMILES string of the molecule is Cc1cc(Nc2cc(N3CCN(CCCCCC(=O)NO)CC3)nc(Sc3ccc(C(N)=O)cc3)n2)[nH]n1. The minimum Gasteiger partial charge on any atom is -0.366 e. The number of aryl methyl sites for hydroxylation is 1. The highest BCUT2D eigenvalue weighted by molar-refractivity contribution is 7.99. The molecule has 38 heavy (non-hydrogen) atoms. The maximum Gasteiger partial charge on any atom is 0.248 e. The highest BCUT2D eigenvalue weighted by atomic mass is 32.2. The van der Waals surface area contributed by atoms with E-state index in [1.165, 1.54) is 11.8 Å². The third-order valence-electron chi connectivity index (χ3n) is 6.21. The number of amides is 2. The van der Waals surface area contributed by atoms with Gasteiger partial charge in [-0.05, 0) is 62.3 Å². The van der Waals surface area contributed by atoms with E-state index in [0.717, 1.165) is 74.2 Å². The molecule has 1 aromatic carbocycles. The van der Waals surface area contributed by atoms with Crippen LogP contribution in [0.15, 0.2) is 46.5 Å². The van der Waals surface area contributed by atoms with Crippen LogP contribution in [0.25, 0.3) is 0 Å². The van der Waals surface area contributed by atoms with Gasteiger partial charge in [0.25, 0.3) is 0 Å². The highest BCUT2D eigenvalue weighted by Gasteiger charge is 2.20. The predicted molar refractivity (Wildman–Crippen MR) is 145 cm³/mol. The van der Waals surface area contributed by atoms with E-state index in [2.05, 4.69) is 25.3 Å². The zero-order valence-corrected chi connectivity index (χ0v) is 22.1. The molecule has 0 bridgehead atoms. The average Bonchev–Trinajstić information content (AvgIpc) is 3.33. The van der Waals surface area contributed by atoms with Gasteiger partial charge >= 0.3 is 0 Å². The van der Waals surface area contributed by atoms with Gasteiger partial charge in [0.1, 0.15) is 17.5 Å². The minimum atomic E-state index is -0.464. The Morgan fingerprint density at radius 1 is 1.08 bits per heavy atom. The van der Waals surface area contributed by atoms with Crippen molar-refractivity contribution in [3.8, 4) is 0 Å². The third kappa shape index (κ3) is 7.91. The first-order valence-corrected chi connectivity index (χ1v) is 13.4. The summed E-state index contributed by atoms with van der Waals surface area (Å²) >= 11 is 1.41. The molecule has 0 radical (unpaired) electrons. The van der Waals surface area contributed by atoms with Gasteiger partial charge in [0, 0.05) is 55.2 Å². The molecule has 0 saturated carbocycles. The summed E-state index contributed by atoms with van der Waals surface area (Å²) in [7, 11) is 0. The number of piperazine rings is 1. The Kier molecular flexibility index (Phi) is 9.51. The number of primary amides is 1. The molecule has 4 rings (SSSR count). The molecule has 0 atom stereocenters. The van der Waals surface area contributed by atoms with Crippen LogP contribution < -0.4 is 21.4 Å². The van der Waals surface area contributed by atoms with Crippen molar-refractivity contribution in [2.24, 2.45) is 5.73 Å². The number of anilines is 3. The summed E-state index contributed by atoms with van der Waals surface area (Å²) in [5.74, 6) is 1.44. The molecule has 12 nitrogen and oxygen atoms in total. The summed E-state index contributed by atoms with van der Waals surface area (Å²) in [6.07, 6.45) is 3.08. The number of carbonyl (C=O) groups excluding carboxylic acids is 2. The van der Waals surface area contributed by atoms with Gasteiger partial charge in [-0.3, -0.25) is 24.8 Å². The summed E-state index contributed by atoms with van der Waals surface area (Å²) in [4.78, 5) is 37.6. The topological polar surface area (TPSA) is 165 Å². The van der Waals surface area contributed by atoms with Gasteiger partial charge in [-0.15, -0.1) is 0 Å². The quantitative estimate of drug-likeness (QED) is 0.1000.